The molecule has 1 saturated heterocycles. The van der Waals surface area contributed by atoms with Gasteiger partial charge in [0.05, 0.1) is 5.92 Å². The van der Waals surface area contributed by atoms with Gasteiger partial charge in [0.25, 0.3) is 0 Å². The first-order chi connectivity index (χ1) is 10.6. The molecule has 0 saturated carbocycles. The molecule has 1 aliphatic rings. The average Bonchev–Trinajstić information content (AvgIpc) is 2.91. The van der Waals surface area contributed by atoms with Gasteiger partial charge in [-0.25, -0.2) is 9.37 Å². The Kier molecular flexibility index (Phi) is 3.82. The largest absolute Gasteiger partial charge is 0.312 e. The van der Waals surface area contributed by atoms with Gasteiger partial charge in [0.1, 0.15) is 11.6 Å². The van der Waals surface area contributed by atoms with Gasteiger partial charge < -0.3 is 10.2 Å². The molecular weight excluding hydrogens is 285 g/mol. The molecule has 0 aliphatic carbocycles. The molecule has 1 fully saturated rings. The molecule has 2 amide bonds. The highest BCUT2D eigenvalue weighted by molar-refractivity contribution is 6.03. The summed E-state index contributed by atoms with van der Waals surface area (Å²) in [7, 11) is 0. The average molecular weight is 299 g/mol. The minimum Gasteiger partial charge on any atom is -0.312 e. The molecule has 0 unspecified atom stereocenters. The van der Waals surface area contributed by atoms with E-state index in [0.29, 0.717) is 11.5 Å². The molecule has 6 heteroatoms. The second-order valence-electron chi connectivity index (χ2n) is 5.09. The van der Waals surface area contributed by atoms with Crippen molar-refractivity contribution in [2.24, 2.45) is 5.92 Å². The topological polar surface area (TPSA) is 62.3 Å². The molecule has 112 valence electrons. The first-order valence-electron chi connectivity index (χ1n) is 6.91. The van der Waals surface area contributed by atoms with Gasteiger partial charge in [0.15, 0.2) is 0 Å². The number of hydrogen-bond donors (Lipinski definition) is 1. The van der Waals surface area contributed by atoms with Gasteiger partial charge in [-0.05, 0) is 36.4 Å². The number of anilines is 2. The lowest BCUT2D eigenvalue weighted by Gasteiger charge is -2.16. The van der Waals surface area contributed by atoms with Gasteiger partial charge in [-0.1, -0.05) is 6.07 Å². The first-order valence-corrected chi connectivity index (χ1v) is 6.91. The molecule has 1 aliphatic heterocycles. The molecule has 1 aromatic carbocycles. The van der Waals surface area contributed by atoms with Crippen LogP contribution >= 0.6 is 0 Å². The monoisotopic (exact) mass is 299 g/mol. The van der Waals surface area contributed by atoms with Crippen molar-refractivity contribution in [2.45, 2.75) is 6.42 Å². The summed E-state index contributed by atoms with van der Waals surface area (Å²) in [5.41, 5.74) is 0.597. The number of rotatable bonds is 3. The van der Waals surface area contributed by atoms with Gasteiger partial charge in [-0.15, -0.1) is 0 Å². The third kappa shape index (κ3) is 2.95. The number of amides is 2. The van der Waals surface area contributed by atoms with Crippen molar-refractivity contribution in [1.82, 2.24) is 4.98 Å². The Balaban J connectivity index is 1.69. The number of nitrogens with zero attached hydrogens (tertiary/aromatic N) is 2. The molecule has 3 rings (SSSR count). The van der Waals surface area contributed by atoms with Crippen LogP contribution in [0.1, 0.15) is 6.42 Å². The smallest absolute Gasteiger partial charge is 0.230 e. The highest BCUT2D eigenvalue weighted by Crippen LogP contribution is 2.26. The maximum absolute atomic E-state index is 12.9. The summed E-state index contributed by atoms with van der Waals surface area (Å²) in [6.45, 7) is 0.281. The predicted molar refractivity (Wildman–Crippen MR) is 79.7 cm³/mol. The summed E-state index contributed by atoms with van der Waals surface area (Å²) in [5.74, 6) is -0.732. The van der Waals surface area contributed by atoms with Crippen molar-refractivity contribution >= 4 is 23.3 Å². The van der Waals surface area contributed by atoms with Crippen LogP contribution < -0.4 is 10.2 Å². The van der Waals surface area contributed by atoms with Crippen LogP contribution in [0.2, 0.25) is 0 Å². The van der Waals surface area contributed by atoms with Crippen molar-refractivity contribution in [1.29, 1.82) is 0 Å². The fourth-order valence-corrected chi connectivity index (χ4v) is 2.42. The summed E-state index contributed by atoms with van der Waals surface area (Å²) < 4.78 is 12.9. The van der Waals surface area contributed by atoms with Gasteiger partial charge in [-0.3, -0.25) is 9.59 Å². The maximum Gasteiger partial charge on any atom is 0.230 e. The second kappa shape index (κ2) is 5.93. The lowest BCUT2D eigenvalue weighted by Crippen LogP contribution is -2.28. The molecule has 1 aromatic heterocycles. The second-order valence-corrected chi connectivity index (χ2v) is 5.09. The van der Waals surface area contributed by atoms with E-state index in [0.717, 1.165) is 0 Å². The van der Waals surface area contributed by atoms with Gasteiger partial charge in [-0.2, -0.15) is 0 Å². The molecule has 0 bridgehead atoms. The Morgan fingerprint density at radius 3 is 2.68 bits per heavy atom. The molecule has 0 radical (unpaired) electrons. The van der Waals surface area contributed by atoms with E-state index in [1.807, 2.05) is 0 Å². The van der Waals surface area contributed by atoms with Crippen LogP contribution in [-0.4, -0.2) is 23.3 Å². The number of pyridine rings is 1. The van der Waals surface area contributed by atoms with E-state index in [2.05, 4.69) is 10.3 Å². The number of halogens is 1. The summed E-state index contributed by atoms with van der Waals surface area (Å²) in [6, 6.07) is 10.9. The summed E-state index contributed by atoms with van der Waals surface area (Å²) >= 11 is 0. The number of carbonyl (C=O) groups excluding carboxylic acids is 2. The number of hydrogen-bond acceptors (Lipinski definition) is 3. The minimum absolute atomic E-state index is 0.135. The Hall–Kier alpha value is -2.76. The minimum atomic E-state index is -0.445. The first kappa shape index (κ1) is 14.2. The fraction of sp³-hybridized carbons (Fsp3) is 0.188. The van der Waals surface area contributed by atoms with Crippen LogP contribution in [0.4, 0.5) is 15.9 Å². The highest BCUT2D eigenvalue weighted by Gasteiger charge is 2.35. The van der Waals surface area contributed by atoms with Gasteiger partial charge >= 0.3 is 0 Å². The number of nitrogens with one attached hydrogen (secondary N) is 1. The van der Waals surface area contributed by atoms with E-state index < -0.39 is 5.92 Å². The highest BCUT2D eigenvalue weighted by atomic mass is 19.1. The van der Waals surface area contributed by atoms with E-state index >= 15 is 0 Å². The predicted octanol–water partition coefficient (Wildman–Crippen LogP) is 2.21. The Morgan fingerprint density at radius 1 is 1.23 bits per heavy atom. The van der Waals surface area contributed by atoms with Crippen molar-refractivity contribution < 1.29 is 14.0 Å². The van der Waals surface area contributed by atoms with Gasteiger partial charge in [0, 0.05) is 24.8 Å². The molecule has 0 spiro atoms. The Labute approximate surface area is 126 Å². The van der Waals surface area contributed by atoms with E-state index in [9.17, 15) is 14.0 Å². The lowest BCUT2D eigenvalue weighted by molar-refractivity contribution is -0.122. The maximum atomic E-state index is 12.9. The SMILES string of the molecule is O=C(Nc1ccccn1)[C@@H]1CC(=O)N(c2ccc(F)cc2)C1. The van der Waals surface area contributed by atoms with Crippen LogP contribution in [0, 0.1) is 11.7 Å². The zero-order valence-electron chi connectivity index (χ0n) is 11.7. The van der Waals surface area contributed by atoms with E-state index in [1.165, 1.54) is 29.2 Å². The number of benzene rings is 1. The molecule has 22 heavy (non-hydrogen) atoms. The van der Waals surface area contributed by atoms with E-state index in [1.54, 1.807) is 24.4 Å². The zero-order chi connectivity index (χ0) is 15.5. The van der Waals surface area contributed by atoms with Crippen LogP contribution in [0.5, 0.6) is 0 Å². The number of aromatic nitrogens is 1. The molecule has 5 nitrogen and oxygen atoms in total. The molecule has 1 N–H and O–H groups in total. The van der Waals surface area contributed by atoms with Crippen LogP contribution in [-0.2, 0) is 9.59 Å². The Morgan fingerprint density at radius 2 is 2.00 bits per heavy atom. The lowest BCUT2D eigenvalue weighted by atomic mass is 10.1. The third-order valence-electron chi connectivity index (χ3n) is 3.55. The van der Waals surface area contributed by atoms with Crippen LogP contribution in [0.3, 0.4) is 0 Å². The number of carbonyl (C=O) groups is 2. The van der Waals surface area contributed by atoms with Crippen LogP contribution in [0.25, 0.3) is 0 Å². The molecule has 2 heterocycles. The quantitative estimate of drug-likeness (QED) is 0.945. The van der Waals surface area contributed by atoms with Crippen molar-refractivity contribution in [2.75, 3.05) is 16.8 Å². The zero-order valence-corrected chi connectivity index (χ0v) is 11.7. The van der Waals surface area contributed by atoms with Crippen LogP contribution in [0.15, 0.2) is 48.7 Å². The standard InChI is InChI=1S/C16H14FN3O2/c17-12-4-6-13(7-5-12)20-10-11(9-15(20)21)16(22)19-14-3-1-2-8-18-14/h1-8,11H,9-10H2,(H,18,19,22)/t11-/m1/s1. The molecule has 1 atom stereocenters. The fourth-order valence-electron chi connectivity index (χ4n) is 2.42. The van der Waals surface area contributed by atoms with E-state index in [4.69, 9.17) is 0 Å². The third-order valence-corrected chi connectivity index (χ3v) is 3.55. The van der Waals surface area contributed by atoms with Gasteiger partial charge in [0.2, 0.25) is 11.8 Å². The molecule has 2 aromatic rings. The summed E-state index contributed by atoms with van der Waals surface area (Å²) in [6.07, 6.45) is 1.72. The normalized spacial score (nSPS) is 17.6. The van der Waals surface area contributed by atoms with Crippen molar-refractivity contribution in [3.8, 4) is 0 Å². The Bertz CT molecular complexity index is 688. The summed E-state index contributed by atoms with van der Waals surface area (Å²) in [5, 5.41) is 2.70. The van der Waals surface area contributed by atoms with E-state index in [-0.39, 0.29) is 30.6 Å². The van der Waals surface area contributed by atoms with Crippen molar-refractivity contribution in [3.63, 3.8) is 0 Å². The van der Waals surface area contributed by atoms with Crippen molar-refractivity contribution in [3.05, 3.63) is 54.5 Å². The molecular formula is C16H14FN3O2. The summed E-state index contributed by atoms with van der Waals surface area (Å²) in [4.78, 5) is 29.8.